The number of hydrogen-bond donors (Lipinski definition) is 2. The molecule has 3 saturated carbocycles. The summed E-state index contributed by atoms with van der Waals surface area (Å²) in [7, 11) is 0. The van der Waals surface area contributed by atoms with Gasteiger partial charge in [-0.3, -0.25) is 20.5 Å². The molecule has 1 aromatic carbocycles. The first-order chi connectivity index (χ1) is 19.3. The number of para-hydroxylation sites is 2. The fourth-order valence-electron chi connectivity index (χ4n) is 8.86. The van der Waals surface area contributed by atoms with Crippen LogP contribution in [0.2, 0.25) is 0 Å². The van der Waals surface area contributed by atoms with Gasteiger partial charge in [-0.25, -0.2) is 0 Å². The maximum absolute atomic E-state index is 11.6. The van der Waals surface area contributed by atoms with E-state index in [0.717, 1.165) is 49.9 Å². The Labute approximate surface area is 236 Å². The Hall–Kier alpha value is -3.32. The van der Waals surface area contributed by atoms with Crippen LogP contribution in [0.4, 0.5) is 11.4 Å². The number of nitro groups is 1. The number of rotatable bonds is 6. The van der Waals surface area contributed by atoms with Crippen molar-refractivity contribution in [2.45, 2.75) is 71.3 Å². The number of aliphatic hydroxyl groups is 1. The summed E-state index contributed by atoms with van der Waals surface area (Å²) in [5.41, 5.74) is 7.10. The average molecular weight is 541 g/mol. The number of aliphatic hydroxyl groups excluding tert-OH is 1. The molecule has 0 aliphatic heterocycles. The lowest BCUT2D eigenvalue weighted by atomic mass is 9.47. The summed E-state index contributed by atoms with van der Waals surface area (Å²) in [6.07, 6.45) is 16.7. The predicted molar refractivity (Wildman–Crippen MR) is 159 cm³/mol. The van der Waals surface area contributed by atoms with Crippen molar-refractivity contribution in [2.75, 3.05) is 5.43 Å². The summed E-state index contributed by atoms with van der Waals surface area (Å²) in [6, 6.07) is 12.5. The Morgan fingerprint density at radius 3 is 2.73 bits per heavy atom. The van der Waals surface area contributed by atoms with Crippen LogP contribution in [0.25, 0.3) is 6.08 Å². The van der Waals surface area contributed by atoms with Gasteiger partial charge in [-0.05, 0) is 110 Å². The van der Waals surface area contributed by atoms with E-state index in [1.807, 2.05) is 24.3 Å². The highest BCUT2D eigenvalue weighted by Crippen LogP contribution is 2.66. The minimum atomic E-state index is -0.370. The van der Waals surface area contributed by atoms with Crippen molar-refractivity contribution in [3.05, 3.63) is 82.2 Å². The second kappa shape index (κ2) is 10.6. The molecule has 0 amide bonds. The molecule has 1 heterocycles. The van der Waals surface area contributed by atoms with Crippen LogP contribution in [0.1, 0.15) is 70.9 Å². The monoisotopic (exact) mass is 540 g/mol. The molecular formula is C33H40N4O3. The summed E-state index contributed by atoms with van der Waals surface area (Å²) in [6.45, 7) is 4.93. The zero-order chi connectivity index (χ0) is 27.9. The van der Waals surface area contributed by atoms with Crippen molar-refractivity contribution >= 4 is 23.2 Å². The van der Waals surface area contributed by atoms with Gasteiger partial charge in [0.25, 0.3) is 5.69 Å². The van der Waals surface area contributed by atoms with Crippen LogP contribution >= 0.6 is 0 Å². The number of benzene rings is 1. The largest absolute Gasteiger partial charge is 0.393 e. The number of nitrogens with one attached hydrogen (secondary N) is 1. The van der Waals surface area contributed by atoms with Gasteiger partial charge in [0, 0.05) is 18.2 Å². The lowest BCUT2D eigenvalue weighted by Crippen LogP contribution is -2.51. The quantitative estimate of drug-likeness (QED) is 0.172. The number of nitrogens with zero attached hydrogens (tertiary/aromatic N) is 3. The maximum Gasteiger partial charge on any atom is 0.294 e. The van der Waals surface area contributed by atoms with E-state index in [9.17, 15) is 15.2 Å². The molecule has 0 spiro atoms. The lowest BCUT2D eigenvalue weighted by molar-refractivity contribution is -0.384. The van der Waals surface area contributed by atoms with Gasteiger partial charge in [0.15, 0.2) is 0 Å². The molecule has 0 bridgehead atoms. The van der Waals surface area contributed by atoms with E-state index in [1.54, 1.807) is 24.4 Å². The normalized spacial score (nSPS) is 35.4. The van der Waals surface area contributed by atoms with Crippen molar-refractivity contribution in [2.24, 2.45) is 39.6 Å². The molecule has 0 radical (unpaired) electrons. The summed E-state index contributed by atoms with van der Waals surface area (Å²) in [4.78, 5) is 15.7. The second-order valence-electron chi connectivity index (χ2n) is 12.8. The smallest absolute Gasteiger partial charge is 0.294 e. The van der Waals surface area contributed by atoms with E-state index in [4.69, 9.17) is 5.10 Å². The van der Waals surface area contributed by atoms with E-state index in [2.05, 4.69) is 36.4 Å². The Bertz CT molecular complexity index is 1350. The van der Waals surface area contributed by atoms with Gasteiger partial charge in [0.1, 0.15) is 5.69 Å². The SMILES string of the molecule is C[C@]12CC[C@H]3[C@@H](CC=C4C[C@@H](O)CC[C@@]43C)[C@@H]1CC[C@@H]2C(/C=C/c1ccccn1)=N/Nc1ccccc1[N+](=O)[O-]. The molecule has 7 heteroatoms. The third kappa shape index (κ3) is 4.68. The van der Waals surface area contributed by atoms with Crippen LogP contribution < -0.4 is 5.43 Å². The zero-order valence-corrected chi connectivity index (χ0v) is 23.5. The van der Waals surface area contributed by atoms with Crippen molar-refractivity contribution in [3.63, 3.8) is 0 Å². The molecule has 3 fully saturated rings. The molecule has 7 atom stereocenters. The first kappa shape index (κ1) is 26.9. The standard InChI is InChI=1S/C33H40N4O3/c1-32-18-16-24(38)21-22(32)10-12-25-26-13-14-28(33(26,2)19-17-27(25)32)29(15-11-23-7-5-6-20-34-23)35-36-30-8-3-4-9-31(30)37(39)40/h3-11,15,20,24-28,36,38H,12-14,16-19,21H2,1-2H3/b15-11+,35-29+/t24-,25-,26-,27-,28+,32-,33-/m0/s1. The van der Waals surface area contributed by atoms with E-state index in [0.29, 0.717) is 23.4 Å². The van der Waals surface area contributed by atoms with Crippen molar-refractivity contribution < 1.29 is 10.0 Å². The van der Waals surface area contributed by atoms with Crippen molar-refractivity contribution in [1.82, 2.24) is 4.98 Å². The van der Waals surface area contributed by atoms with Crippen LogP contribution in [-0.2, 0) is 0 Å². The maximum atomic E-state index is 11.6. The molecule has 2 N–H and O–H groups in total. The third-order valence-corrected chi connectivity index (χ3v) is 11.0. The molecule has 1 aromatic heterocycles. The Balaban J connectivity index is 1.32. The van der Waals surface area contributed by atoms with Crippen LogP contribution in [0.3, 0.4) is 0 Å². The van der Waals surface area contributed by atoms with Gasteiger partial charge >= 0.3 is 0 Å². The van der Waals surface area contributed by atoms with Crippen molar-refractivity contribution in [1.29, 1.82) is 0 Å². The van der Waals surface area contributed by atoms with Gasteiger partial charge in [0.2, 0.25) is 0 Å². The van der Waals surface area contributed by atoms with Gasteiger partial charge in [0.05, 0.1) is 22.4 Å². The first-order valence-electron chi connectivity index (χ1n) is 14.8. The number of hydrogen-bond acceptors (Lipinski definition) is 6. The highest BCUT2D eigenvalue weighted by Gasteiger charge is 2.59. The topological polar surface area (TPSA) is 101 Å². The second-order valence-corrected chi connectivity index (χ2v) is 12.8. The van der Waals surface area contributed by atoms with Crippen molar-refractivity contribution in [3.8, 4) is 0 Å². The number of allylic oxidation sites excluding steroid dienone is 2. The van der Waals surface area contributed by atoms with Gasteiger partial charge in [-0.2, -0.15) is 5.10 Å². The highest BCUT2D eigenvalue weighted by molar-refractivity contribution is 6.01. The Morgan fingerprint density at radius 2 is 1.93 bits per heavy atom. The lowest BCUT2D eigenvalue weighted by Gasteiger charge is -2.58. The number of fused-ring (bicyclic) bond motifs is 5. The number of pyridine rings is 1. The van der Waals surface area contributed by atoms with E-state index in [1.165, 1.54) is 24.5 Å². The molecule has 4 aliphatic rings. The number of anilines is 1. The summed E-state index contributed by atoms with van der Waals surface area (Å²) < 4.78 is 0. The molecule has 2 aromatic rings. The van der Waals surface area contributed by atoms with E-state index in [-0.39, 0.29) is 33.5 Å². The van der Waals surface area contributed by atoms with E-state index < -0.39 is 0 Å². The van der Waals surface area contributed by atoms with Crippen LogP contribution in [-0.4, -0.2) is 26.8 Å². The number of hydrazone groups is 1. The van der Waals surface area contributed by atoms with Gasteiger partial charge < -0.3 is 5.11 Å². The Morgan fingerprint density at radius 1 is 1.10 bits per heavy atom. The average Bonchev–Trinajstić information content (AvgIpc) is 3.31. The summed E-state index contributed by atoms with van der Waals surface area (Å²) >= 11 is 0. The molecule has 0 unspecified atom stereocenters. The number of nitro benzene ring substituents is 1. The number of aromatic nitrogens is 1. The minimum Gasteiger partial charge on any atom is -0.393 e. The van der Waals surface area contributed by atoms with Gasteiger partial charge in [-0.15, -0.1) is 0 Å². The first-order valence-corrected chi connectivity index (χ1v) is 14.8. The molecule has 40 heavy (non-hydrogen) atoms. The fraction of sp³-hybridized carbons (Fsp3) is 0.515. The predicted octanol–water partition coefficient (Wildman–Crippen LogP) is 7.41. The van der Waals surface area contributed by atoms with Crippen LogP contribution in [0.15, 0.2) is 71.5 Å². The van der Waals surface area contributed by atoms with E-state index >= 15 is 0 Å². The third-order valence-electron chi connectivity index (χ3n) is 11.0. The molecule has 7 nitrogen and oxygen atoms in total. The summed E-state index contributed by atoms with van der Waals surface area (Å²) in [5.74, 6) is 2.18. The molecule has 4 aliphatic carbocycles. The highest BCUT2D eigenvalue weighted by atomic mass is 16.6. The van der Waals surface area contributed by atoms with Gasteiger partial charge in [-0.1, -0.05) is 43.7 Å². The molecule has 0 saturated heterocycles. The minimum absolute atomic E-state index is 0.0194. The zero-order valence-electron chi connectivity index (χ0n) is 23.5. The molecule has 210 valence electrons. The fourth-order valence-corrected chi connectivity index (χ4v) is 8.86. The molecular weight excluding hydrogens is 500 g/mol. The Kier molecular flexibility index (Phi) is 7.11. The van der Waals surface area contributed by atoms with Crippen LogP contribution in [0.5, 0.6) is 0 Å². The summed E-state index contributed by atoms with van der Waals surface area (Å²) in [5, 5.41) is 26.8. The van der Waals surface area contributed by atoms with Crippen LogP contribution in [0, 0.1) is 44.6 Å². The molecule has 6 rings (SSSR count).